The van der Waals surface area contributed by atoms with E-state index in [1.807, 2.05) is 48.5 Å². The van der Waals surface area contributed by atoms with Crippen molar-refractivity contribution in [3.8, 4) is 0 Å². The molecule has 0 saturated carbocycles. The van der Waals surface area contributed by atoms with Gasteiger partial charge in [-0.1, -0.05) is 48.5 Å². The number of hydrogen-bond acceptors (Lipinski definition) is 6. The molecule has 0 unspecified atom stereocenters. The first-order chi connectivity index (χ1) is 14.1. The van der Waals surface area contributed by atoms with E-state index in [4.69, 9.17) is 5.73 Å². The number of aromatic nitrogens is 2. The number of benzene rings is 3. The summed E-state index contributed by atoms with van der Waals surface area (Å²) in [7, 11) is 0. The number of rotatable bonds is 5. The van der Waals surface area contributed by atoms with Crippen LogP contribution in [0, 0.1) is 0 Å². The van der Waals surface area contributed by atoms with Gasteiger partial charge in [0.15, 0.2) is 11.6 Å². The fourth-order valence-corrected chi connectivity index (χ4v) is 3.35. The molecule has 1 heterocycles. The Kier molecular flexibility index (Phi) is 5.26. The minimum atomic E-state index is -0.320. The number of carbonyl (C=O) groups is 1. The summed E-state index contributed by atoms with van der Waals surface area (Å²) in [5.41, 5.74) is 13.2. The molecule has 0 aliphatic rings. The van der Waals surface area contributed by atoms with Gasteiger partial charge >= 0.3 is 0 Å². The first-order valence-corrected chi connectivity index (χ1v) is 9.59. The van der Waals surface area contributed by atoms with E-state index in [2.05, 4.69) is 42.1 Å². The van der Waals surface area contributed by atoms with E-state index in [-0.39, 0.29) is 11.6 Å². The molecule has 0 aliphatic heterocycles. The number of nitrogens with one attached hydrogen (secondary N) is 3. The van der Waals surface area contributed by atoms with Crippen LogP contribution in [-0.2, 0) is 0 Å². The Morgan fingerprint density at radius 2 is 1.62 bits per heavy atom. The van der Waals surface area contributed by atoms with Crippen molar-refractivity contribution < 1.29 is 4.79 Å². The maximum absolute atomic E-state index is 12.4. The first-order valence-electron chi connectivity index (χ1n) is 8.79. The van der Waals surface area contributed by atoms with Gasteiger partial charge in [0, 0.05) is 15.5 Å². The largest absolute Gasteiger partial charge is 0.393 e. The molecule has 4 rings (SSSR count). The summed E-state index contributed by atoms with van der Waals surface area (Å²) < 4.78 is 0.688. The maximum Gasteiger partial charge on any atom is 0.270 e. The second-order valence-electron chi connectivity index (χ2n) is 6.20. The van der Waals surface area contributed by atoms with Crippen molar-refractivity contribution in [3.05, 3.63) is 83.1 Å². The van der Waals surface area contributed by atoms with E-state index in [0.29, 0.717) is 21.7 Å². The summed E-state index contributed by atoms with van der Waals surface area (Å²) in [6.07, 6.45) is 1.37. The number of nitrogens with zero attached hydrogens (tertiary/aromatic N) is 2. The average Bonchev–Trinajstić information content (AvgIpc) is 2.75. The van der Waals surface area contributed by atoms with Crippen LogP contribution in [-0.4, -0.2) is 15.9 Å². The van der Waals surface area contributed by atoms with E-state index in [9.17, 15) is 4.79 Å². The van der Waals surface area contributed by atoms with Crippen molar-refractivity contribution in [2.45, 2.75) is 0 Å². The Hall–Kier alpha value is -3.65. The Bertz CT molecular complexity index is 1190. The van der Waals surface area contributed by atoms with Crippen LogP contribution in [0.15, 0.2) is 77.5 Å². The lowest BCUT2D eigenvalue weighted by Crippen LogP contribution is -2.30. The van der Waals surface area contributed by atoms with E-state index in [1.54, 1.807) is 18.2 Å². The molecular formula is C21H17BrN6O. The Labute approximate surface area is 175 Å². The lowest BCUT2D eigenvalue weighted by molar-refractivity contribution is 0.0961. The highest BCUT2D eigenvalue weighted by atomic mass is 79.9. The van der Waals surface area contributed by atoms with Gasteiger partial charge in [-0.2, -0.15) is 0 Å². The van der Waals surface area contributed by atoms with Crippen molar-refractivity contribution in [3.63, 3.8) is 0 Å². The van der Waals surface area contributed by atoms with E-state index >= 15 is 0 Å². The van der Waals surface area contributed by atoms with Crippen LogP contribution < -0.4 is 21.9 Å². The predicted octanol–water partition coefficient (Wildman–Crippen LogP) is 4.48. The van der Waals surface area contributed by atoms with Crippen LogP contribution in [0.1, 0.15) is 10.4 Å². The summed E-state index contributed by atoms with van der Waals surface area (Å²) in [5.74, 6) is 0.413. The molecule has 3 aromatic carbocycles. The van der Waals surface area contributed by atoms with Gasteiger partial charge in [0.25, 0.3) is 5.91 Å². The van der Waals surface area contributed by atoms with Crippen molar-refractivity contribution in [2.75, 3.05) is 16.5 Å². The normalized spacial score (nSPS) is 10.5. The lowest BCUT2D eigenvalue weighted by Gasteiger charge is -2.14. The molecule has 0 fully saturated rings. The minimum Gasteiger partial charge on any atom is -0.393 e. The zero-order valence-corrected chi connectivity index (χ0v) is 16.8. The number of nitrogens with two attached hydrogens (primary N) is 1. The molecule has 5 N–H and O–H groups in total. The molecule has 144 valence electrons. The Morgan fingerprint density at radius 3 is 2.48 bits per heavy atom. The number of fused-ring (bicyclic) bond motifs is 1. The van der Waals surface area contributed by atoms with Crippen LogP contribution >= 0.6 is 15.9 Å². The van der Waals surface area contributed by atoms with Crippen LogP contribution in [0.4, 0.5) is 23.0 Å². The van der Waals surface area contributed by atoms with E-state index < -0.39 is 0 Å². The molecule has 1 aromatic heterocycles. The highest BCUT2D eigenvalue weighted by molar-refractivity contribution is 9.10. The van der Waals surface area contributed by atoms with Gasteiger partial charge in [-0.05, 0) is 39.5 Å². The summed E-state index contributed by atoms with van der Waals surface area (Å²) in [4.78, 5) is 20.7. The smallest absolute Gasteiger partial charge is 0.270 e. The molecule has 0 spiro atoms. The van der Waals surface area contributed by atoms with E-state index in [1.165, 1.54) is 6.33 Å². The zero-order chi connectivity index (χ0) is 20.2. The van der Waals surface area contributed by atoms with Crippen molar-refractivity contribution in [1.29, 1.82) is 0 Å². The Balaban J connectivity index is 1.55. The fraction of sp³-hybridized carbons (Fsp3) is 0. The van der Waals surface area contributed by atoms with Crippen LogP contribution in [0.25, 0.3) is 10.8 Å². The van der Waals surface area contributed by atoms with Crippen LogP contribution in [0.5, 0.6) is 0 Å². The molecule has 7 nitrogen and oxygen atoms in total. The van der Waals surface area contributed by atoms with Gasteiger partial charge in [-0.25, -0.2) is 9.97 Å². The second-order valence-corrected chi connectivity index (χ2v) is 7.05. The SMILES string of the molecule is Nc1c(NNC(=O)c2ccccc2Br)ncnc1Nc1cccc2ccccc12. The molecule has 29 heavy (non-hydrogen) atoms. The van der Waals surface area contributed by atoms with Gasteiger partial charge in [-0.15, -0.1) is 0 Å². The highest BCUT2D eigenvalue weighted by Gasteiger charge is 2.12. The lowest BCUT2D eigenvalue weighted by atomic mass is 10.1. The van der Waals surface area contributed by atoms with Gasteiger partial charge in [0.2, 0.25) is 0 Å². The summed E-state index contributed by atoms with van der Waals surface area (Å²) in [5, 5.41) is 5.39. The third kappa shape index (κ3) is 3.97. The van der Waals surface area contributed by atoms with Crippen molar-refractivity contribution in [2.24, 2.45) is 0 Å². The number of nitrogen functional groups attached to an aromatic ring is 1. The van der Waals surface area contributed by atoms with Crippen LogP contribution in [0.3, 0.4) is 0 Å². The van der Waals surface area contributed by atoms with Crippen molar-refractivity contribution in [1.82, 2.24) is 15.4 Å². The van der Waals surface area contributed by atoms with Gasteiger partial charge in [-0.3, -0.25) is 15.6 Å². The van der Waals surface area contributed by atoms with E-state index in [0.717, 1.165) is 16.5 Å². The summed E-state index contributed by atoms with van der Waals surface area (Å²) in [6.45, 7) is 0. The average molecular weight is 449 g/mol. The molecule has 0 saturated heterocycles. The van der Waals surface area contributed by atoms with Gasteiger partial charge in [0.05, 0.1) is 5.56 Å². The molecule has 0 bridgehead atoms. The number of carbonyl (C=O) groups excluding carboxylic acids is 1. The second kappa shape index (κ2) is 8.15. The molecule has 0 radical (unpaired) electrons. The Morgan fingerprint density at radius 1 is 0.897 bits per heavy atom. The topological polar surface area (TPSA) is 105 Å². The molecule has 0 atom stereocenters. The number of hydrogen-bond donors (Lipinski definition) is 4. The standard InChI is InChI=1S/C21H17BrN6O/c22-16-10-4-3-9-15(16)21(29)28-27-20-18(23)19(24-12-25-20)26-17-11-5-7-13-6-1-2-8-14(13)17/h1-12H,23H2,(H,28,29)(H2,24,25,26,27). The number of hydrazine groups is 1. The molecule has 4 aromatic rings. The zero-order valence-electron chi connectivity index (χ0n) is 15.2. The third-order valence-electron chi connectivity index (χ3n) is 4.34. The molecular weight excluding hydrogens is 432 g/mol. The maximum atomic E-state index is 12.4. The molecule has 0 aliphatic carbocycles. The molecule has 1 amide bonds. The van der Waals surface area contributed by atoms with Gasteiger partial charge < -0.3 is 11.1 Å². The van der Waals surface area contributed by atoms with Gasteiger partial charge in [0.1, 0.15) is 12.0 Å². The minimum absolute atomic E-state index is 0.285. The summed E-state index contributed by atoms with van der Waals surface area (Å²) >= 11 is 3.36. The van der Waals surface area contributed by atoms with Crippen molar-refractivity contribution >= 4 is 55.6 Å². The quantitative estimate of drug-likeness (QED) is 0.335. The first kappa shape index (κ1) is 18.7. The monoisotopic (exact) mass is 448 g/mol. The third-order valence-corrected chi connectivity index (χ3v) is 5.03. The number of anilines is 4. The summed E-state index contributed by atoms with van der Waals surface area (Å²) in [6, 6.07) is 21.1. The highest BCUT2D eigenvalue weighted by Crippen LogP contribution is 2.29. The number of halogens is 1. The predicted molar refractivity (Wildman–Crippen MR) is 119 cm³/mol. The fourth-order valence-electron chi connectivity index (χ4n) is 2.89. The van der Waals surface area contributed by atoms with Crippen LogP contribution in [0.2, 0.25) is 0 Å². The molecule has 8 heteroatoms. The number of amides is 1.